The number of rotatable bonds is 4. The number of nitriles is 1. The highest BCUT2D eigenvalue weighted by Crippen LogP contribution is 2.33. The van der Waals surface area contributed by atoms with Crippen LogP contribution in [0, 0.1) is 11.3 Å². The van der Waals surface area contributed by atoms with Crippen LogP contribution in [0.3, 0.4) is 0 Å². The molecule has 2 aliphatic rings. The first-order chi connectivity index (χ1) is 18.2. The van der Waals surface area contributed by atoms with Crippen molar-refractivity contribution in [2.24, 2.45) is 0 Å². The van der Waals surface area contributed by atoms with Crippen LogP contribution in [0.1, 0.15) is 59.5 Å². The van der Waals surface area contributed by atoms with Crippen molar-refractivity contribution < 1.29 is 4.79 Å². The predicted octanol–water partition coefficient (Wildman–Crippen LogP) is 4.67. The lowest BCUT2D eigenvalue weighted by Crippen LogP contribution is -2.49. The Morgan fingerprint density at radius 1 is 0.892 bits per heavy atom. The number of hydrogen-bond donors (Lipinski definition) is 0. The van der Waals surface area contributed by atoms with Gasteiger partial charge in [-0.05, 0) is 54.7 Å². The number of aromatic nitrogens is 4. The van der Waals surface area contributed by atoms with Crippen LogP contribution in [0.2, 0.25) is 0 Å². The second-order valence-electron chi connectivity index (χ2n) is 9.88. The molecule has 4 aromatic rings. The largest absolute Gasteiger partial charge is 0.336 e. The number of carbonyl (C=O) groups excluding carboxylic acids is 1. The summed E-state index contributed by atoms with van der Waals surface area (Å²) in [6, 6.07) is 19.8. The molecule has 2 aromatic heterocycles. The third kappa shape index (κ3) is 4.65. The highest BCUT2D eigenvalue weighted by Gasteiger charge is 2.25. The maximum atomic E-state index is 12.9. The summed E-state index contributed by atoms with van der Waals surface area (Å²) in [5, 5.41) is 13.8. The summed E-state index contributed by atoms with van der Waals surface area (Å²) in [6.45, 7) is 2.45. The van der Waals surface area contributed by atoms with Gasteiger partial charge in [0.25, 0.3) is 11.7 Å². The zero-order chi connectivity index (χ0) is 25.2. The van der Waals surface area contributed by atoms with Crippen molar-refractivity contribution in [3.05, 3.63) is 77.5 Å². The molecular formula is C29H29N7O. The Morgan fingerprint density at radius 2 is 1.62 bits per heavy atom. The van der Waals surface area contributed by atoms with E-state index < -0.39 is 0 Å². The van der Waals surface area contributed by atoms with E-state index in [9.17, 15) is 4.79 Å². The van der Waals surface area contributed by atoms with E-state index in [0.29, 0.717) is 54.9 Å². The number of nitrogens with zero attached hydrogens (tertiary/aromatic N) is 7. The molecule has 186 valence electrons. The van der Waals surface area contributed by atoms with Gasteiger partial charge in [-0.15, -0.1) is 5.10 Å². The summed E-state index contributed by atoms with van der Waals surface area (Å²) in [4.78, 5) is 26.0. The van der Waals surface area contributed by atoms with Gasteiger partial charge in [0.05, 0.1) is 17.3 Å². The van der Waals surface area contributed by atoms with E-state index in [4.69, 9.17) is 15.3 Å². The Hall–Kier alpha value is -4.25. The van der Waals surface area contributed by atoms with Gasteiger partial charge in [0.15, 0.2) is 0 Å². The number of piperazine rings is 1. The zero-order valence-corrected chi connectivity index (χ0v) is 20.8. The molecule has 8 nitrogen and oxygen atoms in total. The maximum absolute atomic E-state index is 12.9. The van der Waals surface area contributed by atoms with Crippen molar-refractivity contribution in [1.82, 2.24) is 24.5 Å². The van der Waals surface area contributed by atoms with Crippen molar-refractivity contribution in [3.8, 4) is 17.3 Å². The molecule has 0 unspecified atom stereocenters. The van der Waals surface area contributed by atoms with E-state index in [0.717, 1.165) is 11.3 Å². The summed E-state index contributed by atoms with van der Waals surface area (Å²) < 4.78 is 1.82. The van der Waals surface area contributed by atoms with Gasteiger partial charge in [-0.1, -0.05) is 43.5 Å². The maximum Gasteiger partial charge on any atom is 0.254 e. The number of fused-ring (bicyclic) bond motifs is 1. The topological polar surface area (TPSA) is 90.4 Å². The van der Waals surface area contributed by atoms with Gasteiger partial charge >= 0.3 is 0 Å². The Kier molecular flexibility index (Phi) is 6.27. The van der Waals surface area contributed by atoms with Crippen LogP contribution in [-0.2, 0) is 0 Å². The lowest BCUT2D eigenvalue weighted by molar-refractivity contribution is 0.0746. The van der Waals surface area contributed by atoms with E-state index in [1.807, 2.05) is 15.5 Å². The minimum atomic E-state index is -0.0206. The summed E-state index contributed by atoms with van der Waals surface area (Å²) in [5.41, 5.74) is 4.64. The molecule has 6 rings (SSSR count). The van der Waals surface area contributed by atoms with Crippen molar-refractivity contribution >= 4 is 17.6 Å². The quantitative estimate of drug-likeness (QED) is 0.412. The fourth-order valence-electron chi connectivity index (χ4n) is 5.48. The summed E-state index contributed by atoms with van der Waals surface area (Å²) >= 11 is 0. The van der Waals surface area contributed by atoms with Crippen molar-refractivity contribution in [1.29, 1.82) is 5.26 Å². The molecule has 3 heterocycles. The molecule has 1 saturated carbocycles. The number of amides is 1. The first-order valence-electron chi connectivity index (χ1n) is 13.1. The number of anilines is 1. The highest BCUT2D eigenvalue weighted by atomic mass is 16.2. The predicted molar refractivity (Wildman–Crippen MR) is 141 cm³/mol. The van der Waals surface area contributed by atoms with E-state index in [2.05, 4.69) is 40.2 Å². The number of hydrogen-bond acceptors (Lipinski definition) is 6. The van der Waals surface area contributed by atoms with Crippen LogP contribution < -0.4 is 4.90 Å². The minimum Gasteiger partial charge on any atom is -0.336 e. The van der Waals surface area contributed by atoms with E-state index in [1.54, 1.807) is 30.5 Å². The fourth-order valence-corrected chi connectivity index (χ4v) is 5.48. The molecule has 0 N–H and O–H groups in total. The molecule has 37 heavy (non-hydrogen) atoms. The molecule has 0 spiro atoms. The molecule has 8 heteroatoms. The second kappa shape index (κ2) is 10.0. The lowest BCUT2D eigenvalue weighted by Gasteiger charge is -2.34. The third-order valence-corrected chi connectivity index (χ3v) is 7.62. The number of benzene rings is 2. The first kappa shape index (κ1) is 23.2. The first-order valence-corrected chi connectivity index (χ1v) is 13.1. The molecule has 0 radical (unpaired) electrons. The van der Waals surface area contributed by atoms with Gasteiger partial charge in [-0.2, -0.15) is 14.8 Å². The van der Waals surface area contributed by atoms with Gasteiger partial charge < -0.3 is 9.80 Å². The summed E-state index contributed by atoms with van der Waals surface area (Å²) in [6.07, 6.45) is 8.39. The Morgan fingerprint density at radius 3 is 2.32 bits per heavy atom. The Bertz CT molecular complexity index is 1440. The molecule has 2 aromatic carbocycles. The molecule has 1 aliphatic heterocycles. The molecular weight excluding hydrogens is 462 g/mol. The third-order valence-electron chi connectivity index (χ3n) is 7.62. The van der Waals surface area contributed by atoms with Crippen LogP contribution in [0.25, 0.3) is 17.0 Å². The normalized spacial score (nSPS) is 16.6. The summed E-state index contributed by atoms with van der Waals surface area (Å²) in [7, 11) is 0. The van der Waals surface area contributed by atoms with Crippen LogP contribution >= 0.6 is 0 Å². The SMILES string of the molecule is N#Cc1ccc(C(=O)N2CCN(c3nc4nccc(-c5ccc(C6CCCCC6)cc5)n4n3)CC2)cc1. The second-order valence-corrected chi connectivity index (χ2v) is 9.88. The fraction of sp³-hybridized carbons (Fsp3) is 0.345. The van der Waals surface area contributed by atoms with E-state index >= 15 is 0 Å². The van der Waals surface area contributed by atoms with Crippen LogP contribution in [-0.4, -0.2) is 56.6 Å². The van der Waals surface area contributed by atoms with E-state index in [1.165, 1.54) is 37.7 Å². The van der Waals surface area contributed by atoms with Gasteiger partial charge in [0, 0.05) is 43.5 Å². The van der Waals surface area contributed by atoms with E-state index in [-0.39, 0.29) is 5.91 Å². The van der Waals surface area contributed by atoms with Crippen molar-refractivity contribution in [3.63, 3.8) is 0 Å². The summed E-state index contributed by atoms with van der Waals surface area (Å²) in [5.74, 6) is 1.86. The smallest absolute Gasteiger partial charge is 0.254 e. The molecule has 2 fully saturated rings. The van der Waals surface area contributed by atoms with Crippen LogP contribution in [0.15, 0.2) is 60.8 Å². The van der Waals surface area contributed by atoms with Gasteiger partial charge in [-0.3, -0.25) is 4.79 Å². The molecule has 1 aliphatic carbocycles. The average molecular weight is 492 g/mol. The standard InChI is InChI=1S/C29H29N7O/c30-20-21-6-8-25(9-7-21)27(37)34-16-18-35(19-17-34)29-32-28-31-15-14-26(36(28)33-29)24-12-10-23(11-13-24)22-4-2-1-3-5-22/h6-15,22H,1-5,16-19H2. The van der Waals surface area contributed by atoms with Gasteiger partial charge in [0.1, 0.15) is 0 Å². The molecule has 1 amide bonds. The molecule has 1 saturated heterocycles. The average Bonchev–Trinajstić information content (AvgIpc) is 3.42. The van der Waals surface area contributed by atoms with Gasteiger partial charge in [0.2, 0.25) is 5.95 Å². The monoisotopic (exact) mass is 491 g/mol. The Labute approximate surface area is 216 Å². The lowest BCUT2D eigenvalue weighted by atomic mass is 9.84. The zero-order valence-electron chi connectivity index (χ0n) is 20.8. The molecule has 0 atom stereocenters. The highest BCUT2D eigenvalue weighted by molar-refractivity contribution is 5.94. The molecule has 0 bridgehead atoms. The van der Waals surface area contributed by atoms with Crippen LogP contribution in [0.4, 0.5) is 5.95 Å². The van der Waals surface area contributed by atoms with Crippen molar-refractivity contribution in [2.45, 2.75) is 38.0 Å². The minimum absolute atomic E-state index is 0.0206. The van der Waals surface area contributed by atoms with Crippen molar-refractivity contribution in [2.75, 3.05) is 31.1 Å². The van der Waals surface area contributed by atoms with Gasteiger partial charge in [-0.25, -0.2) is 4.98 Å². The Balaban J connectivity index is 1.16. The number of carbonyl (C=O) groups is 1. The van der Waals surface area contributed by atoms with Crippen LogP contribution in [0.5, 0.6) is 0 Å².